The Morgan fingerprint density at radius 3 is 2.71 bits per heavy atom. The number of aromatic nitrogens is 2. The van der Waals surface area contributed by atoms with E-state index in [0.717, 1.165) is 11.4 Å². The molecule has 0 aromatic carbocycles. The van der Waals surface area contributed by atoms with E-state index in [9.17, 15) is 9.59 Å². The highest BCUT2D eigenvalue weighted by molar-refractivity contribution is 6.01. The predicted molar refractivity (Wildman–Crippen MR) is 91.5 cm³/mol. The van der Waals surface area contributed by atoms with E-state index >= 15 is 0 Å². The Morgan fingerprint density at radius 2 is 2.17 bits per heavy atom. The maximum atomic E-state index is 12.0. The molecule has 0 bridgehead atoms. The van der Waals surface area contributed by atoms with E-state index in [-0.39, 0.29) is 12.4 Å². The Morgan fingerprint density at radius 1 is 1.42 bits per heavy atom. The summed E-state index contributed by atoms with van der Waals surface area (Å²) < 4.78 is 6.67. The average molecular weight is 327 g/mol. The van der Waals surface area contributed by atoms with Crippen LogP contribution in [0, 0.1) is 6.92 Å². The standard InChI is InChI=1S/C18H21N3O3/c1-4-11-21-12(2)16(18(19)23)17(13-7-5-6-10-20-13)14(21)8-9-15(22)24-3/h4-7,10H,1,8-9,11H2,2-3H3,(H2,19,23). The highest BCUT2D eigenvalue weighted by atomic mass is 16.5. The summed E-state index contributed by atoms with van der Waals surface area (Å²) in [4.78, 5) is 28.0. The molecule has 2 aromatic heterocycles. The number of allylic oxidation sites excluding steroid dienone is 1. The van der Waals surface area contributed by atoms with Crippen LogP contribution in [0.2, 0.25) is 0 Å². The predicted octanol–water partition coefficient (Wildman–Crippen LogP) is 2.25. The molecule has 0 saturated heterocycles. The number of rotatable bonds is 7. The molecular formula is C18H21N3O3. The van der Waals surface area contributed by atoms with Crippen LogP contribution in [0.15, 0.2) is 37.1 Å². The maximum Gasteiger partial charge on any atom is 0.305 e. The largest absolute Gasteiger partial charge is 0.469 e. The van der Waals surface area contributed by atoms with Crippen molar-refractivity contribution < 1.29 is 14.3 Å². The van der Waals surface area contributed by atoms with Gasteiger partial charge in [0.15, 0.2) is 0 Å². The summed E-state index contributed by atoms with van der Waals surface area (Å²) in [5, 5.41) is 0. The van der Waals surface area contributed by atoms with Crippen molar-refractivity contribution in [1.82, 2.24) is 9.55 Å². The van der Waals surface area contributed by atoms with Gasteiger partial charge in [-0.25, -0.2) is 0 Å². The van der Waals surface area contributed by atoms with Crippen LogP contribution >= 0.6 is 0 Å². The van der Waals surface area contributed by atoms with Crippen LogP contribution in [0.5, 0.6) is 0 Å². The molecule has 0 unspecified atom stereocenters. The van der Waals surface area contributed by atoms with Crippen LogP contribution in [0.4, 0.5) is 0 Å². The fourth-order valence-electron chi connectivity index (χ4n) is 2.84. The number of ether oxygens (including phenoxy) is 1. The molecule has 0 aliphatic heterocycles. The van der Waals surface area contributed by atoms with Gasteiger partial charge in [-0.3, -0.25) is 14.6 Å². The monoisotopic (exact) mass is 327 g/mol. The van der Waals surface area contributed by atoms with E-state index in [4.69, 9.17) is 10.5 Å². The molecule has 6 nitrogen and oxygen atoms in total. The van der Waals surface area contributed by atoms with Crippen molar-refractivity contribution in [2.75, 3.05) is 7.11 Å². The van der Waals surface area contributed by atoms with Gasteiger partial charge < -0.3 is 15.0 Å². The van der Waals surface area contributed by atoms with E-state index < -0.39 is 5.91 Å². The Hall–Kier alpha value is -2.89. The summed E-state index contributed by atoms with van der Waals surface area (Å²) in [5.74, 6) is -0.832. The van der Waals surface area contributed by atoms with Crippen LogP contribution in [-0.2, 0) is 22.5 Å². The quantitative estimate of drug-likeness (QED) is 0.624. The Balaban J connectivity index is 2.67. The number of methoxy groups -OCH3 is 1. The van der Waals surface area contributed by atoms with Gasteiger partial charge in [0.1, 0.15) is 0 Å². The van der Waals surface area contributed by atoms with E-state index in [2.05, 4.69) is 11.6 Å². The van der Waals surface area contributed by atoms with Crippen molar-refractivity contribution in [3.05, 3.63) is 54.0 Å². The number of amides is 1. The molecule has 2 rings (SSSR count). The van der Waals surface area contributed by atoms with Crippen LogP contribution in [0.3, 0.4) is 0 Å². The molecule has 0 fully saturated rings. The molecule has 0 atom stereocenters. The summed E-state index contributed by atoms with van der Waals surface area (Å²) >= 11 is 0. The molecular weight excluding hydrogens is 306 g/mol. The van der Waals surface area contributed by atoms with Crippen molar-refractivity contribution in [3.8, 4) is 11.3 Å². The van der Waals surface area contributed by atoms with Crippen molar-refractivity contribution in [1.29, 1.82) is 0 Å². The smallest absolute Gasteiger partial charge is 0.305 e. The van der Waals surface area contributed by atoms with Gasteiger partial charge in [0.25, 0.3) is 5.91 Å². The molecule has 6 heteroatoms. The number of carbonyl (C=O) groups excluding carboxylic acids is 2. The minimum absolute atomic E-state index is 0.204. The van der Waals surface area contributed by atoms with Gasteiger partial charge in [-0.2, -0.15) is 0 Å². The van der Waals surface area contributed by atoms with E-state index in [1.807, 2.05) is 23.6 Å². The van der Waals surface area contributed by atoms with Crippen LogP contribution in [-0.4, -0.2) is 28.5 Å². The molecule has 126 valence electrons. The SMILES string of the molecule is C=CCn1c(C)c(C(N)=O)c(-c2ccccn2)c1CCC(=O)OC. The highest BCUT2D eigenvalue weighted by Crippen LogP contribution is 2.32. The Kier molecular flexibility index (Phi) is 5.52. The van der Waals surface area contributed by atoms with E-state index in [1.165, 1.54) is 7.11 Å². The Labute approximate surface area is 140 Å². The first-order chi connectivity index (χ1) is 11.5. The minimum Gasteiger partial charge on any atom is -0.469 e. The third-order valence-corrected chi connectivity index (χ3v) is 3.90. The zero-order chi connectivity index (χ0) is 17.7. The molecule has 24 heavy (non-hydrogen) atoms. The number of nitrogens with zero attached hydrogens (tertiary/aromatic N) is 2. The third kappa shape index (κ3) is 3.37. The lowest BCUT2D eigenvalue weighted by Gasteiger charge is -2.10. The van der Waals surface area contributed by atoms with Gasteiger partial charge in [0.05, 0.1) is 24.8 Å². The van der Waals surface area contributed by atoms with Crippen LogP contribution in [0.25, 0.3) is 11.3 Å². The molecule has 1 amide bonds. The molecule has 2 N–H and O–H groups in total. The number of hydrogen-bond donors (Lipinski definition) is 1. The van der Waals surface area contributed by atoms with Crippen molar-refractivity contribution in [2.45, 2.75) is 26.3 Å². The lowest BCUT2D eigenvalue weighted by molar-refractivity contribution is -0.140. The zero-order valence-electron chi connectivity index (χ0n) is 13.9. The van der Waals surface area contributed by atoms with Gasteiger partial charge >= 0.3 is 5.97 Å². The zero-order valence-corrected chi connectivity index (χ0v) is 13.9. The number of hydrogen-bond acceptors (Lipinski definition) is 4. The first kappa shape index (κ1) is 17.5. The fraction of sp³-hybridized carbons (Fsp3) is 0.278. The van der Waals surface area contributed by atoms with Gasteiger partial charge in [-0.15, -0.1) is 6.58 Å². The normalized spacial score (nSPS) is 10.4. The number of primary amides is 1. The van der Waals surface area contributed by atoms with Crippen molar-refractivity contribution >= 4 is 11.9 Å². The van der Waals surface area contributed by atoms with Gasteiger partial charge in [-0.1, -0.05) is 12.1 Å². The van der Waals surface area contributed by atoms with Gasteiger partial charge in [-0.05, 0) is 25.5 Å². The highest BCUT2D eigenvalue weighted by Gasteiger charge is 2.25. The van der Waals surface area contributed by atoms with Crippen molar-refractivity contribution in [2.24, 2.45) is 5.73 Å². The molecule has 2 heterocycles. The average Bonchev–Trinajstić information content (AvgIpc) is 2.86. The molecule has 0 radical (unpaired) electrons. The summed E-state index contributed by atoms with van der Waals surface area (Å²) in [7, 11) is 1.35. The Bertz CT molecular complexity index is 764. The topological polar surface area (TPSA) is 87.2 Å². The second-order valence-electron chi connectivity index (χ2n) is 5.34. The number of esters is 1. The number of carbonyl (C=O) groups is 2. The maximum absolute atomic E-state index is 12.0. The molecule has 0 saturated carbocycles. The van der Waals surface area contributed by atoms with Crippen LogP contribution in [0.1, 0.15) is 28.2 Å². The third-order valence-electron chi connectivity index (χ3n) is 3.90. The lowest BCUT2D eigenvalue weighted by Crippen LogP contribution is -2.13. The van der Waals surface area contributed by atoms with E-state index in [0.29, 0.717) is 29.8 Å². The van der Waals surface area contributed by atoms with Crippen LogP contribution < -0.4 is 5.73 Å². The molecule has 0 aliphatic rings. The first-order valence-corrected chi connectivity index (χ1v) is 7.62. The summed E-state index contributed by atoms with van der Waals surface area (Å²) in [6, 6.07) is 5.47. The first-order valence-electron chi connectivity index (χ1n) is 7.62. The van der Waals surface area contributed by atoms with Gasteiger partial charge in [0.2, 0.25) is 0 Å². The summed E-state index contributed by atoms with van der Waals surface area (Å²) in [6.07, 6.45) is 4.02. The second-order valence-corrected chi connectivity index (χ2v) is 5.34. The molecule has 0 aliphatic carbocycles. The minimum atomic E-state index is -0.518. The second kappa shape index (κ2) is 7.59. The molecule has 0 spiro atoms. The summed E-state index contributed by atoms with van der Waals surface area (Å²) in [5.41, 5.74) is 8.93. The van der Waals surface area contributed by atoms with E-state index in [1.54, 1.807) is 18.3 Å². The molecule has 2 aromatic rings. The number of nitrogens with two attached hydrogens (primary N) is 1. The summed E-state index contributed by atoms with van der Waals surface area (Å²) in [6.45, 7) is 6.10. The van der Waals surface area contributed by atoms with Crippen molar-refractivity contribution in [3.63, 3.8) is 0 Å². The number of pyridine rings is 1. The fourth-order valence-corrected chi connectivity index (χ4v) is 2.84. The lowest BCUT2D eigenvalue weighted by atomic mass is 10.0. The van der Waals surface area contributed by atoms with Gasteiger partial charge in [0, 0.05) is 29.7 Å².